The third-order valence-electron chi connectivity index (χ3n) is 2.24. The van der Waals surface area contributed by atoms with E-state index in [-0.39, 0.29) is 0 Å². The normalized spacial score (nSPS) is 22.5. The van der Waals surface area contributed by atoms with Gasteiger partial charge in [0.05, 0.1) is 6.10 Å². The van der Waals surface area contributed by atoms with Gasteiger partial charge in [-0.3, -0.25) is 0 Å². The number of nitrogens with zero attached hydrogens (tertiary/aromatic N) is 2. The van der Waals surface area contributed by atoms with Gasteiger partial charge in [-0.15, -0.1) is 11.3 Å². The number of hydrogen-bond acceptors (Lipinski definition) is 4. The van der Waals surface area contributed by atoms with E-state index in [2.05, 4.69) is 9.88 Å². The van der Waals surface area contributed by atoms with Crippen molar-refractivity contribution >= 4 is 16.5 Å². The smallest absolute Gasteiger partial charge is 0.185 e. The first-order valence-electron chi connectivity index (χ1n) is 4.66. The predicted octanol–water partition coefficient (Wildman–Crippen LogP) is 1.76. The van der Waals surface area contributed by atoms with Gasteiger partial charge in [0.15, 0.2) is 5.13 Å². The van der Waals surface area contributed by atoms with Gasteiger partial charge in [0.2, 0.25) is 0 Å². The number of hydrogen-bond donors (Lipinski definition) is 0. The van der Waals surface area contributed by atoms with E-state index in [0.29, 0.717) is 6.10 Å². The molecule has 72 valence electrons. The van der Waals surface area contributed by atoms with E-state index in [4.69, 9.17) is 4.74 Å². The fourth-order valence-electron chi connectivity index (χ4n) is 1.65. The van der Waals surface area contributed by atoms with E-state index in [1.54, 1.807) is 11.3 Å². The molecule has 4 heteroatoms. The van der Waals surface area contributed by atoms with E-state index in [9.17, 15) is 0 Å². The van der Waals surface area contributed by atoms with Crippen LogP contribution in [0, 0.1) is 0 Å². The second-order valence-electron chi connectivity index (χ2n) is 3.13. The highest BCUT2D eigenvalue weighted by Gasteiger charge is 2.23. The lowest BCUT2D eigenvalue weighted by atomic mass is 10.3. The molecule has 1 aromatic rings. The molecular formula is C9H14N2OS. The van der Waals surface area contributed by atoms with Crippen LogP contribution < -0.4 is 4.90 Å². The molecule has 0 aliphatic carbocycles. The summed E-state index contributed by atoms with van der Waals surface area (Å²) in [5, 5.41) is 3.14. The summed E-state index contributed by atoms with van der Waals surface area (Å²) < 4.78 is 5.57. The molecule has 1 aliphatic rings. The summed E-state index contributed by atoms with van der Waals surface area (Å²) in [5.74, 6) is 0. The molecule has 0 amide bonds. The van der Waals surface area contributed by atoms with Gasteiger partial charge >= 0.3 is 0 Å². The third kappa shape index (κ3) is 2.00. The molecule has 1 fully saturated rings. The number of anilines is 1. The molecule has 3 nitrogen and oxygen atoms in total. The lowest BCUT2D eigenvalue weighted by molar-refractivity contribution is 0.0787. The van der Waals surface area contributed by atoms with Crippen LogP contribution in [0.3, 0.4) is 0 Å². The van der Waals surface area contributed by atoms with E-state index in [0.717, 1.165) is 31.2 Å². The van der Waals surface area contributed by atoms with Gasteiger partial charge in [-0.1, -0.05) is 0 Å². The van der Waals surface area contributed by atoms with E-state index >= 15 is 0 Å². The van der Waals surface area contributed by atoms with E-state index in [1.807, 2.05) is 18.5 Å². The molecule has 1 aliphatic heterocycles. The maximum atomic E-state index is 5.57. The molecule has 0 aromatic carbocycles. The predicted molar refractivity (Wildman–Crippen MR) is 54.4 cm³/mol. The average molecular weight is 198 g/mol. The molecule has 0 saturated carbocycles. The van der Waals surface area contributed by atoms with Crippen molar-refractivity contribution in [3.8, 4) is 0 Å². The fourth-order valence-corrected chi connectivity index (χ4v) is 2.33. The zero-order valence-electron chi connectivity index (χ0n) is 7.77. The number of thiazole rings is 1. The summed E-state index contributed by atoms with van der Waals surface area (Å²) in [6.45, 7) is 4.95. The van der Waals surface area contributed by atoms with Gasteiger partial charge in [-0.25, -0.2) is 4.98 Å². The van der Waals surface area contributed by atoms with Crippen molar-refractivity contribution < 1.29 is 4.74 Å². The Bertz CT molecular complexity index is 250. The second-order valence-corrected chi connectivity index (χ2v) is 4.00. The summed E-state index contributed by atoms with van der Waals surface area (Å²) in [4.78, 5) is 6.58. The first-order chi connectivity index (χ1) is 6.40. The van der Waals surface area contributed by atoms with Crippen LogP contribution in [-0.2, 0) is 4.74 Å². The molecule has 0 N–H and O–H groups in total. The van der Waals surface area contributed by atoms with Crippen LogP contribution in [0.5, 0.6) is 0 Å². The molecule has 1 atom stereocenters. The minimum absolute atomic E-state index is 0.411. The van der Waals surface area contributed by atoms with Crippen molar-refractivity contribution in [2.75, 3.05) is 24.6 Å². The Morgan fingerprint density at radius 3 is 3.38 bits per heavy atom. The van der Waals surface area contributed by atoms with Crippen LogP contribution in [0.4, 0.5) is 5.13 Å². The zero-order chi connectivity index (χ0) is 9.10. The van der Waals surface area contributed by atoms with Gasteiger partial charge in [0.1, 0.15) is 0 Å². The molecule has 0 unspecified atom stereocenters. The van der Waals surface area contributed by atoms with E-state index < -0.39 is 0 Å². The summed E-state index contributed by atoms with van der Waals surface area (Å²) in [5.41, 5.74) is 0. The van der Waals surface area contributed by atoms with E-state index in [1.165, 1.54) is 0 Å². The minimum atomic E-state index is 0.411. The number of rotatable bonds is 3. The van der Waals surface area contributed by atoms with Gasteiger partial charge in [0, 0.05) is 31.3 Å². The first kappa shape index (κ1) is 8.97. The van der Waals surface area contributed by atoms with Crippen LogP contribution >= 0.6 is 11.3 Å². The summed E-state index contributed by atoms with van der Waals surface area (Å²) >= 11 is 1.70. The second kappa shape index (κ2) is 4.07. The van der Waals surface area contributed by atoms with Crippen molar-refractivity contribution in [2.24, 2.45) is 0 Å². The first-order valence-corrected chi connectivity index (χ1v) is 5.54. The van der Waals surface area contributed by atoms with Crippen LogP contribution in [0.1, 0.15) is 13.3 Å². The van der Waals surface area contributed by atoms with Crippen molar-refractivity contribution in [3.05, 3.63) is 11.6 Å². The highest BCUT2D eigenvalue weighted by Crippen LogP contribution is 2.23. The van der Waals surface area contributed by atoms with Crippen molar-refractivity contribution in [2.45, 2.75) is 19.4 Å². The largest absolute Gasteiger partial charge is 0.377 e. The van der Waals surface area contributed by atoms with Crippen LogP contribution in [0.2, 0.25) is 0 Å². The van der Waals surface area contributed by atoms with Gasteiger partial charge in [0.25, 0.3) is 0 Å². The molecule has 2 rings (SSSR count). The molecule has 0 radical (unpaired) electrons. The fraction of sp³-hybridized carbons (Fsp3) is 0.667. The molecule has 2 heterocycles. The molecule has 0 spiro atoms. The van der Waals surface area contributed by atoms with Crippen LogP contribution in [-0.4, -0.2) is 30.8 Å². The standard InChI is InChI=1S/C9H14N2OS/c1-2-12-8-3-5-11(7-8)9-10-4-6-13-9/h4,6,8H,2-3,5,7H2,1H3/t8-/m1/s1. The van der Waals surface area contributed by atoms with Crippen LogP contribution in [0.15, 0.2) is 11.6 Å². The summed E-state index contributed by atoms with van der Waals surface area (Å²) in [6.07, 6.45) is 3.40. The Morgan fingerprint density at radius 2 is 2.69 bits per heavy atom. The van der Waals surface area contributed by atoms with Gasteiger partial charge in [-0.2, -0.15) is 0 Å². The lowest BCUT2D eigenvalue weighted by Crippen LogP contribution is -2.22. The minimum Gasteiger partial charge on any atom is -0.377 e. The molecule has 0 bridgehead atoms. The van der Waals surface area contributed by atoms with Gasteiger partial charge < -0.3 is 9.64 Å². The zero-order valence-corrected chi connectivity index (χ0v) is 8.59. The maximum Gasteiger partial charge on any atom is 0.185 e. The Hall–Kier alpha value is -0.610. The molecule has 1 aromatic heterocycles. The number of aromatic nitrogens is 1. The summed E-state index contributed by atoms with van der Waals surface area (Å²) in [7, 11) is 0. The highest BCUT2D eigenvalue weighted by molar-refractivity contribution is 7.13. The average Bonchev–Trinajstić information content (AvgIpc) is 2.70. The van der Waals surface area contributed by atoms with Crippen LogP contribution in [0.25, 0.3) is 0 Å². The Labute approximate surface area is 82.3 Å². The third-order valence-corrected chi connectivity index (χ3v) is 3.07. The van der Waals surface area contributed by atoms with Gasteiger partial charge in [-0.05, 0) is 13.3 Å². The topological polar surface area (TPSA) is 25.4 Å². The van der Waals surface area contributed by atoms with Crippen molar-refractivity contribution in [1.82, 2.24) is 4.98 Å². The monoisotopic (exact) mass is 198 g/mol. The molecular weight excluding hydrogens is 184 g/mol. The Kier molecular flexibility index (Phi) is 2.80. The SMILES string of the molecule is CCO[C@@H]1CCN(c2nccs2)C1. The van der Waals surface area contributed by atoms with Crippen molar-refractivity contribution in [3.63, 3.8) is 0 Å². The summed E-state index contributed by atoms with van der Waals surface area (Å²) in [6, 6.07) is 0. The molecule has 13 heavy (non-hydrogen) atoms. The Balaban J connectivity index is 1.91. The highest BCUT2D eigenvalue weighted by atomic mass is 32.1. The van der Waals surface area contributed by atoms with Crippen molar-refractivity contribution in [1.29, 1.82) is 0 Å². The quantitative estimate of drug-likeness (QED) is 0.740. The Morgan fingerprint density at radius 1 is 1.77 bits per heavy atom. The maximum absolute atomic E-state index is 5.57. The number of ether oxygens (including phenoxy) is 1. The lowest BCUT2D eigenvalue weighted by Gasteiger charge is -2.14. The molecule has 1 saturated heterocycles.